The molecule has 0 radical (unpaired) electrons. The summed E-state index contributed by atoms with van der Waals surface area (Å²) in [5.41, 5.74) is -0.273. The molecule has 2 aliphatic rings. The zero-order chi connectivity index (χ0) is 10.3. The van der Waals surface area contributed by atoms with Gasteiger partial charge in [0.2, 0.25) is 0 Å². The minimum Gasteiger partial charge on any atom is -0.394 e. The van der Waals surface area contributed by atoms with Gasteiger partial charge in [-0.15, -0.1) is 0 Å². The summed E-state index contributed by atoms with van der Waals surface area (Å²) in [7, 11) is 0. The fourth-order valence-corrected chi connectivity index (χ4v) is 2.79. The number of nitrogens with zero attached hydrogens (tertiary/aromatic N) is 1. The van der Waals surface area contributed by atoms with Crippen LogP contribution in [0.4, 0.5) is 0 Å². The molecule has 1 fully saturated rings. The van der Waals surface area contributed by atoms with Crippen LogP contribution in [0.5, 0.6) is 0 Å². The average molecular weight is 219 g/mol. The van der Waals surface area contributed by atoms with Crippen molar-refractivity contribution in [3.8, 4) is 0 Å². The number of rotatable bonds is 1. The molecule has 2 aliphatic heterocycles. The van der Waals surface area contributed by atoms with E-state index in [0.717, 1.165) is 5.04 Å². The van der Waals surface area contributed by atoms with Crippen molar-refractivity contribution in [1.82, 2.24) is 0 Å². The highest BCUT2D eigenvalue weighted by Gasteiger charge is 2.47. The molecule has 0 spiro atoms. The fraction of sp³-hybridized carbons (Fsp3) is 0.875. The van der Waals surface area contributed by atoms with Gasteiger partial charge in [0.05, 0.1) is 11.7 Å². The topological polar surface area (TPSA) is 82.3 Å². The Balaban J connectivity index is 2.14. The van der Waals surface area contributed by atoms with Gasteiger partial charge in [0.25, 0.3) is 0 Å². The Bertz CT molecular complexity index is 260. The molecular formula is C8H13NO4S. The predicted octanol–water partition coefficient (Wildman–Crippen LogP) is -1.04. The van der Waals surface area contributed by atoms with Crippen molar-refractivity contribution in [2.75, 3.05) is 6.61 Å². The molecular weight excluding hydrogens is 206 g/mol. The van der Waals surface area contributed by atoms with E-state index in [9.17, 15) is 10.2 Å². The number of aliphatic imine (C=N–C) groups is 1. The molecule has 2 rings (SSSR count). The second kappa shape index (κ2) is 3.79. The summed E-state index contributed by atoms with van der Waals surface area (Å²) < 4.78 is 5.40. The van der Waals surface area contributed by atoms with Crippen LogP contribution in [0, 0.1) is 0 Å². The number of aliphatic hydroxyl groups is 3. The van der Waals surface area contributed by atoms with Crippen molar-refractivity contribution in [3.05, 3.63) is 0 Å². The molecule has 6 heteroatoms. The van der Waals surface area contributed by atoms with E-state index in [1.807, 2.05) is 6.92 Å². The Hall–Kier alpha value is -0.140. The largest absolute Gasteiger partial charge is 0.394 e. The Morgan fingerprint density at radius 2 is 2.14 bits per heavy atom. The summed E-state index contributed by atoms with van der Waals surface area (Å²) in [5, 5.41) is 29.0. The molecule has 0 saturated carbocycles. The van der Waals surface area contributed by atoms with Crippen molar-refractivity contribution in [1.29, 1.82) is 0 Å². The molecule has 0 aromatic carbocycles. The molecule has 5 nitrogen and oxygen atoms in total. The van der Waals surface area contributed by atoms with Crippen LogP contribution >= 0.6 is 11.8 Å². The standard InChI is InChI=1S/C8H13NO4S/c1-3-9-5-7(12)6(11)4(2-10)13-8(5)14-3/h4-8,10-12H,2H2,1H3/t4?,5-,6-,7?,8-/m0/s1. The third-order valence-corrected chi connectivity index (χ3v) is 3.53. The third-order valence-electron chi connectivity index (χ3n) is 2.47. The van der Waals surface area contributed by atoms with E-state index in [1.54, 1.807) is 0 Å². The molecule has 0 bridgehead atoms. The molecule has 80 valence electrons. The Kier molecular flexibility index (Phi) is 2.81. The van der Waals surface area contributed by atoms with E-state index < -0.39 is 24.4 Å². The lowest BCUT2D eigenvalue weighted by molar-refractivity contribution is -0.164. The Labute approximate surface area is 85.8 Å². The maximum Gasteiger partial charge on any atom is 0.134 e. The van der Waals surface area contributed by atoms with Crippen LogP contribution in [0.15, 0.2) is 4.99 Å². The number of fused-ring (bicyclic) bond motifs is 1. The van der Waals surface area contributed by atoms with Crippen LogP contribution in [0.2, 0.25) is 0 Å². The van der Waals surface area contributed by atoms with Gasteiger partial charge in [-0.25, -0.2) is 0 Å². The average Bonchev–Trinajstić information content (AvgIpc) is 2.52. The Morgan fingerprint density at radius 1 is 1.43 bits per heavy atom. The first-order chi connectivity index (χ1) is 6.63. The van der Waals surface area contributed by atoms with Crippen LogP contribution in [-0.2, 0) is 4.74 Å². The first-order valence-corrected chi connectivity index (χ1v) is 5.35. The molecule has 0 aliphatic carbocycles. The van der Waals surface area contributed by atoms with E-state index in [1.165, 1.54) is 11.8 Å². The van der Waals surface area contributed by atoms with Gasteiger partial charge in [0.15, 0.2) is 0 Å². The lowest BCUT2D eigenvalue weighted by atomic mass is 9.99. The van der Waals surface area contributed by atoms with E-state index in [0.29, 0.717) is 0 Å². The minimum absolute atomic E-state index is 0.273. The van der Waals surface area contributed by atoms with E-state index in [-0.39, 0.29) is 12.0 Å². The fourth-order valence-electron chi connectivity index (χ4n) is 1.71. The van der Waals surface area contributed by atoms with Gasteiger partial charge in [-0.3, -0.25) is 4.99 Å². The molecule has 5 atom stereocenters. The van der Waals surface area contributed by atoms with Crippen LogP contribution in [0.3, 0.4) is 0 Å². The summed E-state index contributed by atoms with van der Waals surface area (Å²) in [6.45, 7) is 1.54. The highest BCUT2D eigenvalue weighted by Crippen LogP contribution is 2.36. The summed E-state index contributed by atoms with van der Waals surface area (Å²) in [6, 6.07) is -0.405. The number of hydrogen-bond acceptors (Lipinski definition) is 6. The molecule has 14 heavy (non-hydrogen) atoms. The van der Waals surface area contributed by atoms with Gasteiger partial charge in [0.1, 0.15) is 29.8 Å². The van der Waals surface area contributed by atoms with Crippen molar-refractivity contribution in [2.24, 2.45) is 4.99 Å². The first kappa shape index (κ1) is 10.4. The maximum absolute atomic E-state index is 9.71. The summed E-state index contributed by atoms with van der Waals surface area (Å²) in [6.07, 6.45) is -2.72. The highest BCUT2D eigenvalue weighted by atomic mass is 32.2. The van der Waals surface area contributed by atoms with Gasteiger partial charge in [-0.1, -0.05) is 11.8 Å². The first-order valence-electron chi connectivity index (χ1n) is 4.47. The van der Waals surface area contributed by atoms with Crippen LogP contribution in [0.25, 0.3) is 0 Å². The van der Waals surface area contributed by atoms with Gasteiger partial charge >= 0.3 is 0 Å². The SMILES string of the molecule is CC1=N[C@H]2C(O)[C@@H](O)C(CO)O[C@H]2S1. The number of ether oxygens (including phenoxy) is 1. The monoisotopic (exact) mass is 219 g/mol. The van der Waals surface area contributed by atoms with E-state index in [4.69, 9.17) is 9.84 Å². The van der Waals surface area contributed by atoms with Crippen molar-refractivity contribution in [2.45, 2.75) is 36.7 Å². The van der Waals surface area contributed by atoms with E-state index >= 15 is 0 Å². The lowest BCUT2D eigenvalue weighted by Gasteiger charge is -2.37. The highest BCUT2D eigenvalue weighted by molar-refractivity contribution is 8.14. The second-order valence-corrected chi connectivity index (χ2v) is 4.75. The number of thioether (sulfide) groups is 1. The molecule has 2 unspecified atom stereocenters. The summed E-state index contributed by atoms with van der Waals surface area (Å²) >= 11 is 1.42. The Morgan fingerprint density at radius 3 is 2.79 bits per heavy atom. The van der Waals surface area contributed by atoms with Gasteiger partial charge in [0, 0.05) is 0 Å². The van der Waals surface area contributed by atoms with Crippen LogP contribution in [-0.4, -0.2) is 56.8 Å². The van der Waals surface area contributed by atoms with Crippen molar-refractivity contribution in [3.63, 3.8) is 0 Å². The smallest absolute Gasteiger partial charge is 0.134 e. The molecule has 3 N–H and O–H groups in total. The van der Waals surface area contributed by atoms with Crippen molar-refractivity contribution >= 4 is 16.8 Å². The lowest BCUT2D eigenvalue weighted by Crippen LogP contribution is -2.55. The number of aliphatic hydroxyl groups excluding tert-OH is 3. The minimum atomic E-state index is -1.06. The van der Waals surface area contributed by atoms with Crippen LogP contribution in [0.1, 0.15) is 6.92 Å². The van der Waals surface area contributed by atoms with Gasteiger partial charge < -0.3 is 20.1 Å². The van der Waals surface area contributed by atoms with E-state index in [2.05, 4.69) is 4.99 Å². The van der Waals surface area contributed by atoms with Gasteiger partial charge in [-0.05, 0) is 6.92 Å². The third kappa shape index (κ3) is 1.57. The zero-order valence-electron chi connectivity index (χ0n) is 7.70. The molecule has 1 saturated heterocycles. The maximum atomic E-state index is 9.71. The van der Waals surface area contributed by atoms with Gasteiger partial charge in [-0.2, -0.15) is 0 Å². The summed E-state index contributed by atoms with van der Waals surface area (Å²) in [4.78, 5) is 4.17. The molecule has 0 amide bonds. The van der Waals surface area contributed by atoms with Crippen LogP contribution < -0.4 is 0 Å². The zero-order valence-corrected chi connectivity index (χ0v) is 8.52. The summed E-state index contributed by atoms with van der Waals surface area (Å²) in [5.74, 6) is 0. The predicted molar refractivity (Wildman–Crippen MR) is 52.2 cm³/mol. The van der Waals surface area contributed by atoms with Crippen molar-refractivity contribution < 1.29 is 20.1 Å². The quantitative estimate of drug-likeness (QED) is 0.525. The second-order valence-electron chi connectivity index (χ2n) is 3.46. The molecule has 0 aromatic rings. The molecule has 0 aromatic heterocycles. The normalized spacial score (nSPS) is 47.4. The molecule has 2 heterocycles. The number of hydrogen-bond donors (Lipinski definition) is 3.